The van der Waals surface area contributed by atoms with Crippen molar-refractivity contribution in [3.63, 3.8) is 0 Å². The van der Waals surface area contributed by atoms with E-state index in [2.05, 4.69) is 5.32 Å². The molecule has 0 heterocycles. The molecule has 0 aromatic heterocycles. The van der Waals surface area contributed by atoms with Crippen LogP contribution >= 0.6 is 11.6 Å². The van der Waals surface area contributed by atoms with Crippen molar-refractivity contribution in [1.29, 1.82) is 0 Å². The molecule has 2 aromatic rings. The zero-order chi connectivity index (χ0) is 15.2. The van der Waals surface area contributed by atoms with E-state index in [0.29, 0.717) is 6.42 Å². The number of hydrogen-bond acceptors (Lipinski definition) is 2. The molecule has 0 saturated carbocycles. The molecule has 0 saturated heterocycles. The van der Waals surface area contributed by atoms with Crippen LogP contribution in [-0.4, -0.2) is 11.9 Å². The molecule has 1 atom stereocenters. The largest absolute Gasteiger partial charge is 0.351 e. The van der Waals surface area contributed by atoms with E-state index < -0.39 is 11.9 Å². The van der Waals surface area contributed by atoms with Crippen LogP contribution in [0.5, 0.6) is 0 Å². The lowest BCUT2D eigenvalue weighted by Crippen LogP contribution is -2.41. The lowest BCUT2D eigenvalue weighted by Gasteiger charge is -2.12. The Kier molecular flexibility index (Phi) is 5.31. The number of halogens is 2. The first-order valence-electron chi connectivity index (χ1n) is 6.57. The molecule has 21 heavy (non-hydrogen) atoms. The molecule has 0 aliphatic rings. The van der Waals surface area contributed by atoms with Gasteiger partial charge in [-0.25, -0.2) is 4.39 Å². The van der Waals surface area contributed by atoms with Crippen molar-refractivity contribution in [1.82, 2.24) is 5.32 Å². The lowest BCUT2D eigenvalue weighted by molar-refractivity contribution is -0.122. The van der Waals surface area contributed by atoms with E-state index in [0.717, 1.165) is 11.1 Å². The third kappa shape index (κ3) is 4.55. The summed E-state index contributed by atoms with van der Waals surface area (Å²) in [6.45, 7) is 0.265. The molecule has 0 aliphatic heterocycles. The molecule has 110 valence electrons. The fourth-order valence-electron chi connectivity index (χ4n) is 1.93. The van der Waals surface area contributed by atoms with Crippen LogP contribution in [0.4, 0.5) is 4.39 Å². The van der Waals surface area contributed by atoms with E-state index in [1.165, 1.54) is 12.1 Å². The zero-order valence-corrected chi connectivity index (χ0v) is 12.1. The summed E-state index contributed by atoms with van der Waals surface area (Å²) in [6.07, 6.45) is 0.469. The van der Waals surface area contributed by atoms with Gasteiger partial charge in [0.05, 0.1) is 11.1 Å². The van der Waals surface area contributed by atoms with Crippen molar-refractivity contribution in [2.24, 2.45) is 5.73 Å². The maximum atomic E-state index is 13.0. The summed E-state index contributed by atoms with van der Waals surface area (Å²) < 4.78 is 13.0. The van der Waals surface area contributed by atoms with Gasteiger partial charge < -0.3 is 11.1 Å². The monoisotopic (exact) mass is 306 g/mol. The molecule has 2 rings (SSSR count). The summed E-state index contributed by atoms with van der Waals surface area (Å²) in [5.41, 5.74) is 7.60. The highest BCUT2D eigenvalue weighted by Gasteiger charge is 2.13. The second-order valence-electron chi connectivity index (χ2n) is 4.76. The number of amides is 1. The zero-order valence-electron chi connectivity index (χ0n) is 11.4. The highest BCUT2D eigenvalue weighted by Crippen LogP contribution is 2.15. The number of nitrogens with one attached hydrogen (secondary N) is 1. The standard InChI is InChI=1S/C16H16ClFN2O/c17-13-8-12(6-7-14(13)18)10-20-16(21)15(19)9-11-4-2-1-3-5-11/h1-8,15H,9-10,19H2,(H,20,21)/t15-/m0/s1. The Balaban J connectivity index is 1.87. The lowest BCUT2D eigenvalue weighted by atomic mass is 10.1. The van der Waals surface area contributed by atoms with Crippen LogP contribution in [0.3, 0.4) is 0 Å². The van der Waals surface area contributed by atoms with E-state index in [1.54, 1.807) is 6.07 Å². The van der Waals surface area contributed by atoms with Gasteiger partial charge in [-0.3, -0.25) is 4.79 Å². The minimum Gasteiger partial charge on any atom is -0.351 e. The van der Waals surface area contributed by atoms with Crippen LogP contribution in [0, 0.1) is 5.82 Å². The molecule has 5 heteroatoms. The predicted octanol–water partition coefficient (Wildman–Crippen LogP) is 2.67. The van der Waals surface area contributed by atoms with Crippen LogP contribution in [0.15, 0.2) is 48.5 Å². The average molecular weight is 307 g/mol. The van der Waals surface area contributed by atoms with Gasteiger partial charge in [-0.2, -0.15) is 0 Å². The fraction of sp³-hybridized carbons (Fsp3) is 0.188. The number of nitrogens with two attached hydrogens (primary N) is 1. The van der Waals surface area contributed by atoms with E-state index in [1.807, 2.05) is 30.3 Å². The van der Waals surface area contributed by atoms with Gasteiger partial charge in [0, 0.05) is 6.54 Å². The van der Waals surface area contributed by atoms with Crippen molar-refractivity contribution >= 4 is 17.5 Å². The van der Waals surface area contributed by atoms with Crippen molar-refractivity contribution < 1.29 is 9.18 Å². The van der Waals surface area contributed by atoms with E-state index in [9.17, 15) is 9.18 Å². The summed E-state index contributed by atoms with van der Waals surface area (Å²) in [4.78, 5) is 11.9. The smallest absolute Gasteiger partial charge is 0.237 e. The summed E-state index contributed by atoms with van der Waals surface area (Å²) in [6, 6.07) is 13.3. The Bertz CT molecular complexity index is 619. The van der Waals surface area contributed by atoms with Gasteiger partial charge >= 0.3 is 0 Å². The first kappa shape index (κ1) is 15.5. The summed E-state index contributed by atoms with van der Waals surface area (Å²) in [7, 11) is 0. The number of carbonyl (C=O) groups is 1. The van der Waals surface area contributed by atoms with Crippen molar-refractivity contribution in [2.45, 2.75) is 19.0 Å². The van der Waals surface area contributed by atoms with Crippen LogP contribution in [0.25, 0.3) is 0 Å². The third-order valence-corrected chi connectivity index (χ3v) is 3.38. The van der Waals surface area contributed by atoms with Gasteiger partial charge in [-0.15, -0.1) is 0 Å². The van der Waals surface area contributed by atoms with E-state index >= 15 is 0 Å². The Labute approximate surface area is 127 Å². The van der Waals surface area contributed by atoms with Crippen molar-refractivity contribution in [3.05, 3.63) is 70.5 Å². The van der Waals surface area contributed by atoms with Crippen molar-refractivity contribution in [3.8, 4) is 0 Å². The summed E-state index contributed by atoms with van der Waals surface area (Å²) in [5.74, 6) is -0.730. The van der Waals surface area contributed by atoms with Gasteiger partial charge in [-0.05, 0) is 29.7 Å². The van der Waals surface area contributed by atoms with E-state index in [-0.39, 0.29) is 17.5 Å². The topological polar surface area (TPSA) is 55.1 Å². The molecule has 0 radical (unpaired) electrons. The Hall–Kier alpha value is -1.91. The first-order valence-corrected chi connectivity index (χ1v) is 6.95. The summed E-state index contributed by atoms with van der Waals surface area (Å²) >= 11 is 5.69. The minimum atomic E-state index is -0.622. The number of rotatable bonds is 5. The third-order valence-electron chi connectivity index (χ3n) is 3.09. The van der Waals surface area contributed by atoms with Crippen molar-refractivity contribution in [2.75, 3.05) is 0 Å². The molecule has 2 aromatic carbocycles. The van der Waals surface area contributed by atoms with Gasteiger partial charge in [0.25, 0.3) is 0 Å². The number of hydrogen-bond donors (Lipinski definition) is 2. The molecule has 3 N–H and O–H groups in total. The molecular weight excluding hydrogens is 291 g/mol. The predicted molar refractivity (Wildman–Crippen MR) is 81.4 cm³/mol. The molecule has 1 amide bonds. The van der Waals surface area contributed by atoms with Gasteiger partial charge in [0.2, 0.25) is 5.91 Å². The van der Waals surface area contributed by atoms with Crippen LogP contribution < -0.4 is 11.1 Å². The maximum Gasteiger partial charge on any atom is 0.237 e. The SMILES string of the molecule is N[C@@H](Cc1ccccc1)C(=O)NCc1ccc(F)c(Cl)c1. The van der Waals surface area contributed by atoms with E-state index in [4.69, 9.17) is 17.3 Å². The Morgan fingerprint density at radius 2 is 1.90 bits per heavy atom. The molecule has 3 nitrogen and oxygen atoms in total. The normalized spacial score (nSPS) is 12.0. The van der Waals surface area contributed by atoms with Gasteiger partial charge in [0.15, 0.2) is 0 Å². The van der Waals surface area contributed by atoms with Crippen LogP contribution in [0.2, 0.25) is 5.02 Å². The Morgan fingerprint density at radius 1 is 1.19 bits per heavy atom. The second kappa shape index (κ2) is 7.20. The maximum absolute atomic E-state index is 13.0. The molecule has 0 fully saturated rings. The van der Waals surface area contributed by atoms with Gasteiger partial charge in [-0.1, -0.05) is 48.0 Å². The number of benzene rings is 2. The average Bonchev–Trinajstić information content (AvgIpc) is 2.49. The fourth-order valence-corrected chi connectivity index (χ4v) is 2.13. The first-order chi connectivity index (χ1) is 10.1. The van der Waals surface area contributed by atoms with Crippen LogP contribution in [-0.2, 0) is 17.8 Å². The second-order valence-corrected chi connectivity index (χ2v) is 5.17. The molecule has 0 spiro atoms. The molecular formula is C16H16ClFN2O. The summed E-state index contributed by atoms with van der Waals surface area (Å²) in [5, 5.41) is 2.76. The molecule has 0 unspecified atom stereocenters. The molecule has 0 aliphatic carbocycles. The van der Waals surface area contributed by atoms with Gasteiger partial charge in [0.1, 0.15) is 5.82 Å². The minimum absolute atomic E-state index is 0.0373. The number of carbonyl (C=O) groups excluding carboxylic acids is 1. The molecule has 0 bridgehead atoms. The quantitative estimate of drug-likeness (QED) is 0.892. The highest BCUT2D eigenvalue weighted by molar-refractivity contribution is 6.30. The van der Waals surface area contributed by atoms with Crippen LogP contribution in [0.1, 0.15) is 11.1 Å². The Morgan fingerprint density at radius 3 is 2.57 bits per heavy atom. The highest BCUT2D eigenvalue weighted by atomic mass is 35.5.